The average molecular weight is 322 g/mol. The monoisotopic (exact) mass is 321 g/mol. The van der Waals surface area contributed by atoms with Gasteiger partial charge in [0.25, 0.3) is 5.91 Å². The highest BCUT2D eigenvalue weighted by atomic mass is 35.5. The van der Waals surface area contributed by atoms with Crippen LogP contribution >= 0.6 is 23.2 Å². The van der Waals surface area contributed by atoms with Crippen molar-refractivity contribution in [3.05, 3.63) is 28.2 Å². The summed E-state index contributed by atoms with van der Waals surface area (Å²) < 4.78 is 9.58. The Hall–Kier alpha value is -1.50. The van der Waals surface area contributed by atoms with Gasteiger partial charge in [-0.15, -0.1) is 0 Å². The maximum atomic E-state index is 11.6. The molecule has 110 valence electrons. The molecule has 6 nitrogen and oxygen atoms in total. The summed E-state index contributed by atoms with van der Waals surface area (Å²) in [6.45, 7) is -0.936. The van der Waals surface area contributed by atoms with Gasteiger partial charge in [0.15, 0.2) is 12.6 Å². The molecule has 20 heavy (non-hydrogen) atoms. The molecule has 1 aromatic carbocycles. The molecule has 0 spiro atoms. The van der Waals surface area contributed by atoms with Gasteiger partial charge in [0, 0.05) is 5.02 Å². The van der Waals surface area contributed by atoms with Crippen molar-refractivity contribution in [2.75, 3.05) is 20.3 Å². The molecule has 1 aromatic rings. The first kappa shape index (κ1) is 16.6. The summed E-state index contributed by atoms with van der Waals surface area (Å²) in [5.74, 6) is -1.06. The highest BCUT2D eigenvalue weighted by molar-refractivity contribution is 6.35. The van der Waals surface area contributed by atoms with Crippen LogP contribution in [0.2, 0.25) is 10.0 Å². The van der Waals surface area contributed by atoms with E-state index in [9.17, 15) is 9.59 Å². The minimum absolute atomic E-state index is 0.261. The SMILES string of the molecule is COC(=O)C(CO)NC(=O)COc1ccc(Cl)cc1Cl. The molecule has 1 atom stereocenters. The second-order valence-corrected chi connectivity index (χ2v) is 4.53. The fourth-order valence-electron chi connectivity index (χ4n) is 1.29. The molecule has 1 rings (SSSR count). The van der Waals surface area contributed by atoms with Gasteiger partial charge in [0.1, 0.15) is 5.75 Å². The zero-order valence-electron chi connectivity index (χ0n) is 10.6. The van der Waals surface area contributed by atoms with Crippen LogP contribution in [0.1, 0.15) is 0 Å². The van der Waals surface area contributed by atoms with Crippen molar-refractivity contribution in [1.82, 2.24) is 5.32 Å². The second kappa shape index (κ2) is 7.94. The van der Waals surface area contributed by atoms with Gasteiger partial charge in [-0.3, -0.25) is 4.79 Å². The van der Waals surface area contributed by atoms with Gasteiger partial charge in [0.2, 0.25) is 0 Å². The van der Waals surface area contributed by atoms with Crippen LogP contribution in [0, 0.1) is 0 Å². The van der Waals surface area contributed by atoms with Crippen LogP contribution in [-0.2, 0) is 14.3 Å². The van der Waals surface area contributed by atoms with Gasteiger partial charge in [-0.1, -0.05) is 23.2 Å². The largest absolute Gasteiger partial charge is 0.482 e. The van der Waals surface area contributed by atoms with Gasteiger partial charge >= 0.3 is 5.97 Å². The predicted octanol–water partition coefficient (Wildman–Crippen LogP) is 1.02. The highest BCUT2D eigenvalue weighted by Crippen LogP contribution is 2.27. The summed E-state index contributed by atoms with van der Waals surface area (Å²) in [6.07, 6.45) is 0. The zero-order valence-corrected chi connectivity index (χ0v) is 12.1. The van der Waals surface area contributed by atoms with Crippen LogP contribution in [0.25, 0.3) is 0 Å². The van der Waals surface area contributed by atoms with E-state index in [1.54, 1.807) is 6.07 Å². The summed E-state index contributed by atoms with van der Waals surface area (Å²) in [5, 5.41) is 11.9. The molecule has 0 fully saturated rings. The lowest BCUT2D eigenvalue weighted by molar-refractivity contribution is -0.146. The van der Waals surface area contributed by atoms with E-state index in [4.69, 9.17) is 33.0 Å². The number of amides is 1. The lowest BCUT2D eigenvalue weighted by Crippen LogP contribution is -2.45. The van der Waals surface area contributed by atoms with Gasteiger partial charge in [0.05, 0.1) is 18.7 Å². The minimum Gasteiger partial charge on any atom is -0.482 e. The van der Waals surface area contributed by atoms with Crippen LogP contribution in [0.15, 0.2) is 18.2 Å². The number of hydrogen-bond acceptors (Lipinski definition) is 5. The van der Waals surface area contributed by atoms with E-state index in [0.29, 0.717) is 5.02 Å². The Morgan fingerprint density at radius 3 is 2.65 bits per heavy atom. The van der Waals surface area contributed by atoms with Crippen molar-refractivity contribution in [3.63, 3.8) is 0 Å². The van der Waals surface area contributed by atoms with Crippen LogP contribution < -0.4 is 10.1 Å². The Labute approximate surface area is 125 Å². The van der Waals surface area contributed by atoms with Crippen molar-refractivity contribution in [2.45, 2.75) is 6.04 Å². The normalized spacial score (nSPS) is 11.6. The first-order chi connectivity index (χ1) is 9.47. The van der Waals surface area contributed by atoms with Crippen LogP contribution in [-0.4, -0.2) is 43.3 Å². The first-order valence-corrected chi connectivity index (χ1v) is 6.29. The topological polar surface area (TPSA) is 84.9 Å². The second-order valence-electron chi connectivity index (χ2n) is 3.69. The number of esters is 1. The minimum atomic E-state index is -1.13. The lowest BCUT2D eigenvalue weighted by atomic mass is 10.3. The van der Waals surface area contributed by atoms with E-state index in [-0.39, 0.29) is 17.4 Å². The van der Waals surface area contributed by atoms with Crippen molar-refractivity contribution in [3.8, 4) is 5.75 Å². The van der Waals surface area contributed by atoms with Gasteiger partial charge in [-0.05, 0) is 18.2 Å². The quantitative estimate of drug-likeness (QED) is 0.764. The van der Waals surface area contributed by atoms with Crippen LogP contribution in [0.3, 0.4) is 0 Å². The van der Waals surface area contributed by atoms with E-state index in [1.807, 2.05) is 0 Å². The first-order valence-electron chi connectivity index (χ1n) is 5.53. The summed E-state index contributed by atoms with van der Waals surface area (Å²) in [6, 6.07) is 3.42. The molecule has 0 aliphatic rings. The third-order valence-corrected chi connectivity index (χ3v) is 2.79. The Kier molecular flexibility index (Phi) is 6.57. The maximum absolute atomic E-state index is 11.6. The molecule has 0 saturated carbocycles. The average Bonchev–Trinajstić information content (AvgIpc) is 2.43. The third kappa shape index (κ3) is 4.88. The summed E-state index contributed by atoms with van der Waals surface area (Å²) in [5.41, 5.74) is 0. The third-order valence-electron chi connectivity index (χ3n) is 2.26. The molecule has 1 unspecified atom stereocenters. The zero-order chi connectivity index (χ0) is 15.1. The summed E-state index contributed by atoms with van der Waals surface area (Å²) in [4.78, 5) is 22.7. The molecule has 0 bridgehead atoms. The van der Waals surface area contributed by atoms with E-state index in [0.717, 1.165) is 7.11 Å². The van der Waals surface area contributed by atoms with E-state index in [1.165, 1.54) is 12.1 Å². The van der Waals surface area contributed by atoms with Crippen LogP contribution in [0.5, 0.6) is 5.75 Å². The van der Waals surface area contributed by atoms with Crippen molar-refractivity contribution >= 4 is 35.1 Å². The smallest absolute Gasteiger partial charge is 0.330 e. The van der Waals surface area contributed by atoms with Crippen molar-refractivity contribution in [1.29, 1.82) is 0 Å². The molecule has 8 heteroatoms. The Balaban J connectivity index is 2.52. The van der Waals surface area contributed by atoms with E-state index < -0.39 is 24.5 Å². The molecule has 0 radical (unpaired) electrons. The molecule has 0 heterocycles. The molecule has 0 aliphatic heterocycles. The molecular formula is C12H13Cl2NO5. The van der Waals surface area contributed by atoms with Gasteiger partial charge in [-0.2, -0.15) is 0 Å². The Bertz CT molecular complexity index is 495. The number of hydrogen-bond donors (Lipinski definition) is 2. The number of methoxy groups -OCH3 is 1. The number of carbonyl (C=O) groups excluding carboxylic acids is 2. The van der Waals surface area contributed by atoms with E-state index in [2.05, 4.69) is 10.1 Å². The number of carbonyl (C=O) groups is 2. The van der Waals surface area contributed by atoms with Crippen LogP contribution in [0.4, 0.5) is 0 Å². The number of aliphatic hydroxyl groups is 1. The Morgan fingerprint density at radius 2 is 2.10 bits per heavy atom. The lowest BCUT2D eigenvalue weighted by Gasteiger charge is -2.14. The molecule has 0 saturated heterocycles. The maximum Gasteiger partial charge on any atom is 0.330 e. The fourth-order valence-corrected chi connectivity index (χ4v) is 1.76. The molecule has 0 aromatic heterocycles. The molecule has 1 amide bonds. The highest BCUT2D eigenvalue weighted by Gasteiger charge is 2.20. The van der Waals surface area contributed by atoms with Crippen molar-refractivity contribution < 1.29 is 24.2 Å². The summed E-state index contributed by atoms with van der Waals surface area (Å²) in [7, 11) is 1.15. The Morgan fingerprint density at radius 1 is 1.40 bits per heavy atom. The molecule has 2 N–H and O–H groups in total. The fraction of sp³-hybridized carbons (Fsp3) is 0.333. The van der Waals surface area contributed by atoms with Crippen molar-refractivity contribution in [2.24, 2.45) is 0 Å². The molecule has 0 aliphatic carbocycles. The van der Waals surface area contributed by atoms with Gasteiger partial charge < -0.3 is 19.9 Å². The number of ether oxygens (including phenoxy) is 2. The number of halogens is 2. The van der Waals surface area contributed by atoms with E-state index >= 15 is 0 Å². The predicted molar refractivity (Wildman–Crippen MR) is 73.0 cm³/mol. The number of rotatable bonds is 6. The van der Waals surface area contributed by atoms with Gasteiger partial charge in [-0.25, -0.2) is 4.79 Å². The standard InChI is InChI=1S/C12H13Cl2NO5/c1-19-12(18)9(5-16)15-11(17)6-20-10-3-2-7(13)4-8(10)14/h2-4,9,16H,5-6H2,1H3,(H,15,17). The summed E-state index contributed by atoms with van der Waals surface area (Å²) >= 11 is 11.6. The molecular weight excluding hydrogens is 309 g/mol. The number of benzene rings is 1. The number of nitrogens with one attached hydrogen (secondary N) is 1. The number of aliphatic hydroxyl groups excluding tert-OH is 1.